The fraction of sp³-hybridized carbons (Fsp3) is 0.250. The zero-order valence-corrected chi connectivity index (χ0v) is 15.1. The molecule has 8 heteroatoms. The number of phenols is 2. The third kappa shape index (κ3) is 4.06. The molecule has 1 heterocycles. The van der Waals surface area contributed by atoms with E-state index in [4.69, 9.17) is 0 Å². The largest absolute Gasteiger partial charge is 0.507 e. The van der Waals surface area contributed by atoms with Gasteiger partial charge in [0, 0.05) is 17.5 Å². The summed E-state index contributed by atoms with van der Waals surface area (Å²) in [6.07, 6.45) is -0.0802. The smallest absolute Gasteiger partial charge is 0.326 e. The van der Waals surface area contributed by atoms with Crippen LogP contribution in [0.3, 0.4) is 0 Å². The number of benzene rings is 2. The van der Waals surface area contributed by atoms with Crippen molar-refractivity contribution in [3.63, 3.8) is 0 Å². The molecular weight excluding hydrogens is 364 g/mol. The molecule has 0 aromatic heterocycles. The molecule has 28 heavy (non-hydrogen) atoms. The van der Waals surface area contributed by atoms with E-state index in [1.54, 1.807) is 24.3 Å². The van der Waals surface area contributed by atoms with E-state index in [2.05, 4.69) is 10.6 Å². The van der Waals surface area contributed by atoms with Crippen LogP contribution in [0, 0.1) is 0 Å². The summed E-state index contributed by atoms with van der Waals surface area (Å²) < 4.78 is 0. The number of nitrogens with one attached hydrogen (secondary N) is 2. The molecule has 0 fully saturated rings. The van der Waals surface area contributed by atoms with Gasteiger partial charge in [-0.25, -0.2) is 4.79 Å². The lowest BCUT2D eigenvalue weighted by Gasteiger charge is -2.20. The highest BCUT2D eigenvalue weighted by Crippen LogP contribution is 2.37. The molecule has 0 saturated heterocycles. The van der Waals surface area contributed by atoms with Gasteiger partial charge in [0.2, 0.25) is 11.8 Å². The first-order valence-corrected chi connectivity index (χ1v) is 8.71. The van der Waals surface area contributed by atoms with Gasteiger partial charge in [0.1, 0.15) is 23.6 Å². The fourth-order valence-electron chi connectivity index (χ4n) is 3.11. The predicted molar refractivity (Wildman–Crippen MR) is 99.8 cm³/mol. The maximum absolute atomic E-state index is 12.3. The van der Waals surface area contributed by atoms with E-state index in [1.165, 1.54) is 19.1 Å². The summed E-state index contributed by atoms with van der Waals surface area (Å²) in [5.41, 5.74) is 1.77. The number of hydrogen-bond donors (Lipinski definition) is 5. The van der Waals surface area contributed by atoms with Crippen LogP contribution in [-0.2, 0) is 27.2 Å². The Morgan fingerprint density at radius 2 is 1.54 bits per heavy atom. The molecule has 5 N–H and O–H groups in total. The number of fused-ring (bicyclic) bond motifs is 5. The molecular formula is C20H20N2O6. The van der Waals surface area contributed by atoms with E-state index in [1.807, 2.05) is 0 Å². The van der Waals surface area contributed by atoms with Crippen molar-refractivity contribution in [3.8, 4) is 22.6 Å². The van der Waals surface area contributed by atoms with Crippen LogP contribution in [0.2, 0.25) is 0 Å². The summed E-state index contributed by atoms with van der Waals surface area (Å²) in [5, 5.41) is 34.9. The lowest BCUT2D eigenvalue weighted by atomic mass is 9.95. The summed E-state index contributed by atoms with van der Waals surface area (Å²) in [6, 6.07) is 6.97. The molecule has 2 amide bonds. The maximum Gasteiger partial charge on any atom is 0.326 e. The van der Waals surface area contributed by atoms with E-state index in [0.29, 0.717) is 22.3 Å². The number of amides is 2. The van der Waals surface area contributed by atoms with Gasteiger partial charge >= 0.3 is 5.97 Å². The summed E-state index contributed by atoms with van der Waals surface area (Å²) in [6.45, 7) is 1.47. The Morgan fingerprint density at radius 1 is 0.964 bits per heavy atom. The van der Waals surface area contributed by atoms with Crippen molar-refractivity contribution in [1.29, 1.82) is 0 Å². The molecule has 1 aliphatic rings. The normalized spacial score (nSPS) is 19.9. The van der Waals surface area contributed by atoms with Crippen LogP contribution < -0.4 is 10.6 Å². The summed E-state index contributed by atoms with van der Waals surface area (Å²) >= 11 is 0. The highest BCUT2D eigenvalue weighted by Gasteiger charge is 2.25. The number of aromatic hydroxyl groups is 2. The van der Waals surface area contributed by atoms with E-state index in [0.717, 1.165) is 0 Å². The zero-order chi connectivity index (χ0) is 20.4. The van der Waals surface area contributed by atoms with Gasteiger partial charge in [-0.3, -0.25) is 9.59 Å². The van der Waals surface area contributed by atoms with Crippen LogP contribution in [0.25, 0.3) is 11.1 Å². The molecule has 0 spiro atoms. The Hall–Kier alpha value is -3.55. The fourth-order valence-corrected chi connectivity index (χ4v) is 3.11. The number of aliphatic carboxylic acids is 1. The molecule has 2 aromatic rings. The van der Waals surface area contributed by atoms with Gasteiger partial charge in [-0.15, -0.1) is 0 Å². The van der Waals surface area contributed by atoms with Gasteiger partial charge in [0.15, 0.2) is 0 Å². The third-order valence-electron chi connectivity index (χ3n) is 4.60. The van der Waals surface area contributed by atoms with E-state index in [-0.39, 0.29) is 24.3 Å². The molecule has 146 valence electrons. The molecule has 0 saturated carbocycles. The Balaban J connectivity index is 2.13. The van der Waals surface area contributed by atoms with Gasteiger partial charge in [0.25, 0.3) is 0 Å². The molecule has 8 nitrogen and oxygen atoms in total. The van der Waals surface area contributed by atoms with Gasteiger partial charge in [0.05, 0.1) is 6.42 Å². The number of carboxylic acid groups (broad SMARTS) is 1. The molecule has 3 rings (SSSR count). The highest BCUT2D eigenvalue weighted by atomic mass is 16.4. The van der Waals surface area contributed by atoms with Crippen molar-refractivity contribution in [2.24, 2.45) is 0 Å². The summed E-state index contributed by atoms with van der Waals surface area (Å²) in [7, 11) is 0. The third-order valence-corrected chi connectivity index (χ3v) is 4.60. The van der Waals surface area contributed by atoms with Crippen LogP contribution in [0.1, 0.15) is 18.1 Å². The van der Waals surface area contributed by atoms with Crippen LogP contribution in [0.4, 0.5) is 0 Å². The summed E-state index contributed by atoms with van der Waals surface area (Å²) in [4.78, 5) is 36.1. The Bertz CT molecular complexity index is 956. The SMILES string of the molecule is CC1NC(=O)Cc2ccc(O)c(c2)-c2cc(ccc2O)CC(C(=O)O)NC1=O. The van der Waals surface area contributed by atoms with E-state index >= 15 is 0 Å². The van der Waals surface area contributed by atoms with Crippen LogP contribution >= 0.6 is 0 Å². The number of carboxylic acids is 1. The minimum atomic E-state index is -1.22. The second-order valence-corrected chi connectivity index (χ2v) is 6.77. The van der Waals surface area contributed by atoms with Crippen LogP contribution in [0.5, 0.6) is 11.5 Å². The number of hydrogen-bond acceptors (Lipinski definition) is 5. The Labute approximate surface area is 160 Å². The van der Waals surface area contributed by atoms with Gasteiger partial charge in [-0.05, 0) is 42.3 Å². The molecule has 4 bridgehead atoms. The minimum absolute atomic E-state index is 0.0323. The van der Waals surface area contributed by atoms with Crippen molar-refractivity contribution in [2.75, 3.05) is 0 Å². The molecule has 2 unspecified atom stereocenters. The average Bonchev–Trinajstić information content (AvgIpc) is 2.63. The highest BCUT2D eigenvalue weighted by molar-refractivity contribution is 5.91. The molecule has 0 radical (unpaired) electrons. The Kier molecular flexibility index (Phi) is 5.21. The van der Waals surface area contributed by atoms with Gasteiger partial charge < -0.3 is 26.0 Å². The van der Waals surface area contributed by atoms with Crippen molar-refractivity contribution < 1.29 is 29.7 Å². The first-order valence-electron chi connectivity index (χ1n) is 8.71. The predicted octanol–water partition coefficient (Wildman–Crippen LogP) is 0.938. The Morgan fingerprint density at radius 3 is 2.14 bits per heavy atom. The standard InChI is InChI=1S/C20H20N2O6/c1-10-19(26)22-15(20(27)28)8-11-2-4-16(23)13(6-11)14-7-12(3-5-17(14)24)9-18(25)21-10/h2-7,10,15,23-24H,8-9H2,1H3,(H,21,25)(H,22,26)(H,27,28). The second kappa shape index (κ2) is 7.59. The zero-order valence-electron chi connectivity index (χ0n) is 15.1. The first kappa shape index (κ1) is 19.2. The molecule has 0 aliphatic carbocycles. The van der Waals surface area contributed by atoms with Crippen molar-refractivity contribution in [1.82, 2.24) is 10.6 Å². The second-order valence-electron chi connectivity index (χ2n) is 6.77. The molecule has 2 aromatic carbocycles. The number of carbonyl (C=O) groups excluding carboxylic acids is 2. The van der Waals surface area contributed by atoms with Crippen molar-refractivity contribution in [3.05, 3.63) is 47.5 Å². The number of carbonyl (C=O) groups is 3. The van der Waals surface area contributed by atoms with Crippen molar-refractivity contribution in [2.45, 2.75) is 31.8 Å². The van der Waals surface area contributed by atoms with Gasteiger partial charge in [-0.1, -0.05) is 12.1 Å². The number of phenolic OH excluding ortho intramolecular Hbond substituents is 2. The first-order chi connectivity index (χ1) is 13.2. The lowest BCUT2D eigenvalue weighted by Crippen LogP contribution is -2.51. The lowest BCUT2D eigenvalue weighted by molar-refractivity contribution is -0.142. The van der Waals surface area contributed by atoms with E-state index < -0.39 is 29.9 Å². The average molecular weight is 384 g/mol. The van der Waals surface area contributed by atoms with Crippen LogP contribution in [-0.4, -0.2) is 45.2 Å². The maximum atomic E-state index is 12.3. The number of rotatable bonds is 1. The summed E-state index contributed by atoms with van der Waals surface area (Å²) in [5.74, 6) is -2.44. The molecule has 2 atom stereocenters. The van der Waals surface area contributed by atoms with Gasteiger partial charge in [-0.2, -0.15) is 0 Å². The minimum Gasteiger partial charge on any atom is -0.507 e. The topological polar surface area (TPSA) is 136 Å². The van der Waals surface area contributed by atoms with E-state index in [9.17, 15) is 29.7 Å². The molecule has 1 aliphatic heterocycles. The van der Waals surface area contributed by atoms with Crippen LogP contribution in [0.15, 0.2) is 36.4 Å². The quantitative estimate of drug-likeness (QED) is 0.496. The monoisotopic (exact) mass is 384 g/mol. The van der Waals surface area contributed by atoms with Crippen molar-refractivity contribution >= 4 is 17.8 Å².